The fourth-order valence-corrected chi connectivity index (χ4v) is 3.30. The summed E-state index contributed by atoms with van der Waals surface area (Å²) in [6.45, 7) is 4.54. The molecule has 1 aromatic rings. The molecule has 5 heteroatoms. The van der Waals surface area contributed by atoms with Gasteiger partial charge in [0.15, 0.2) is 0 Å². The van der Waals surface area contributed by atoms with Gasteiger partial charge in [0, 0.05) is 18.7 Å². The number of carbonyl (C=O) groups excluding carboxylic acids is 1. The van der Waals surface area contributed by atoms with Crippen molar-refractivity contribution in [3.8, 4) is 5.75 Å². The Morgan fingerprint density at radius 2 is 2.18 bits per heavy atom. The summed E-state index contributed by atoms with van der Waals surface area (Å²) in [7, 11) is 0. The number of rotatable bonds is 3. The Bertz CT molecular complexity index is 539. The quantitative estimate of drug-likeness (QED) is 0.868. The molecule has 3 rings (SSSR count). The van der Waals surface area contributed by atoms with Crippen LogP contribution in [-0.4, -0.2) is 37.4 Å². The van der Waals surface area contributed by atoms with E-state index in [9.17, 15) is 9.90 Å². The largest absolute Gasteiger partial charge is 0.491 e. The molecule has 1 N–H and O–H groups in total. The zero-order valence-corrected chi connectivity index (χ0v) is 13.0. The van der Waals surface area contributed by atoms with Gasteiger partial charge in [-0.3, -0.25) is 4.79 Å². The number of para-hydroxylation sites is 1. The first-order valence-electron chi connectivity index (χ1n) is 8.07. The number of esters is 1. The Labute approximate surface area is 130 Å². The van der Waals surface area contributed by atoms with E-state index in [1.54, 1.807) is 6.92 Å². The topological polar surface area (TPSA) is 59.0 Å². The van der Waals surface area contributed by atoms with Crippen LogP contribution in [0.15, 0.2) is 18.2 Å². The average molecular weight is 305 g/mol. The summed E-state index contributed by atoms with van der Waals surface area (Å²) in [6, 6.07) is 5.80. The minimum Gasteiger partial charge on any atom is -0.491 e. The molecular weight excluding hydrogens is 282 g/mol. The summed E-state index contributed by atoms with van der Waals surface area (Å²) in [4.78, 5) is 14.4. The van der Waals surface area contributed by atoms with E-state index in [0.29, 0.717) is 25.2 Å². The first-order valence-corrected chi connectivity index (χ1v) is 8.07. The Kier molecular flexibility index (Phi) is 4.52. The second kappa shape index (κ2) is 6.57. The molecule has 5 nitrogen and oxygen atoms in total. The predicted octanol–water partition coefficient (Wildman–Crippen LogP) is 2.28. The van der Waals surface area contributed by atoms with Gasteiger partial charge in [0.05, 0.1) is 30.9 Å². The number of nitrogens with zero attached hydrogens (tertiary/aromatic N) is 1. The van der Waals surface area contributed by atoms with Crippen molar-refractivity contribution in [3.05, 3.63) is 23.8 Å². The Balaban J connectivity index is 1.92. The highest BCUT2D eigenvalue weighted by Gasteiger charge is 2.35. The van der Waals surface area contributed by atoms with Gasteiger partial charge in [-0.05, 0) is 32.3 Å². The smallest absolute Gasteiger partial charge is 0.312 e. The average Bonchev–Trinajstić information content (AvgIpc) is 2.99. The van der Waals surface area contributed by atoms with Crippen LogP contribution in [0.5, 0.6) is 5.75 Å². The molecule has 1 aromatic carbocycles. The Morgan fingerprint density at radius 1 is 1.41 bits per heavy atom. The molecule has 0 aromatic heterocycles. The van der Waals surface area contributed by atoms with Crippen molar-refractivity contribution >= 4 is 11.7 Å². The standard InChI is InChI=1S/C17H23NO4/c1-2-21-17(20)13-8-11-22-16-12(15(13)19)6-5-7-14(16)18-9-3-4-10-18/h5-7,13,15,19H,2-4,8-11H2,1H3. The molecule has 1 fully saturated rings. The van der Waals surface area contributed by atoms with Crippen LogP contribution >= 0.6 is 0 Å². The number of hydrogen-bond acceptors (Lipinski definition) is 5. The summed E-state index contributed by atoms with van der Waals surface area (Å²) in [6.07, 6.45) is 1.95. The number of benzene rings is 1. The van der Waals surface area contributed by atoms with Gasteiger partial charge in [-0.1, -0.05) is 12.1 Å². The molecule has 0 radical (unpaired) electrons. The number of hydrogen-bond donors (Lipinski definition) is 1. The summed E-state index contributed by atoms with van der Waals surface area (Å²) in [5, 5.41) is 10.7. The molecule has 2 atom stereocenters. The molecule has 0 bridgehead atoms. The van der Waals surface area contributed by atoms with Crippen LogP contribution < -0.4 is 9.64 Å². The molecule has 2 heterocycles. The van der Waals surface area contributed by atoms with Gasteiger partial charge in [0.2, 0.25) is 0 Å². The fraction of sp³-hybridized carbons (Fsp3) is 0.588. The second-order valence-electron chi connectivity index (χ2n) is 5.83. The van der Waals surface area contributed by atoms with Crippen molar-refractivity contribution < 1.29 is 19.4 Å². The van der Waals surface area contributed by atoms with Gasteiger partial charge in [-0.25, -0.2) is 0 Å². The molecule has 1 saturated heterocycles. The van der Waals surface area contributed by atoms with Crippen molar-refractivity contribution in [2.75, 3.05) is 31.2 Å². The lowest BCUT2D eigenvalue weighted by molar-refractivity contribution is -0.152. The van der Waals surface area contributed by atoms with Crippen molar-refractivity contribution in [3.63, 3.8) is 0 Å². The summed E-state index contributed by atoms with van der Waals surface area (Å²) in [5.41, 5.74) is 1.72. The first kappa shape index (κ1) is 15.2. The second-order valence-corrected chi connectivity index (χ2v) is 5.83. The van der Waals surface area contributed by atoms with Crippen LogP contribution in [-0.2, 0) is 9.53 Å². The number of aliphatic hydroxyl groups is 1. The highest BCUT2D eigenvalue weighted by molar-refractivity contribution is 5.74. The van der Waals surface area contributed by atoms with Gasteiger partial charge in [-0.15, -0.1) is 0 Å². The van der Waals surface area contributed by atoms with Crippen LogP contribution in [0.25, 0.3) is 0 Å². The molecule has 0 saturated carbocycles. The van der Waals surface area contributed by atoms with Gasteiger partial charge in [0.1, 0.15) is 5.75 Å². The van der Waals surface area contributed by atoms with Crippen molar-refractivity contribution in [2.45, 2.75) is 32.3 Å². The van der Waals surface area contributed by atoms with Crippen LogP contribution in [0, 0.1) is 5.92 Å². The van der Waals surface area contributed by atoms with E-state index in [1.807, 2.05) is 18.2 Å². The fourth-order valence-electron chi connectivity index (χ4n) is 3.30. The van der Waals surface area contributed by atoms with E-state index in [0.717, 1.165) is 24.5 Å². The summed E-state index contributed by atoms with van der Waals surface area (Å²) in [5.74, 6) is -0.184. The van der Waals surface area contributed by atoms with E-state index in [4.69, 9.17) is 9.47 Å². The van der Waals surface area contributed by atoms with Crippen LogP contribution in [0.2, 0.25) is 0 Å². The minimum atomic E-state index is -0.876. The maximum absolute atomic E-state index is 12.1. The zero-order valence-electron chi connectivity index (χ0n) is 13.0. The number of carbonyl (C=O) groups is 1. The van der Waals surface area contributed by atoms with E-state index in [1.165, 1.54) is 12.8 Å². The van der Waals surface area contributed by atoms with E-state index in [-0.39, 0.29) is 5.97 Å². The van der Waals surface area contributed by atoms with Gasteiger partial charge in [-0.2, -0.15) is 0 Å². The first-order chi connectivity index (χ1) is 10.7. The van der Waals surface area contributed by atoms with Crippen molar-refractivity contribution in [1.82, 2.24) is 0 Å². The van der Waals surface area contributed by atoms with Crippen LogP contribution in [0.3, 0.4) is 0 Å². The third-order valence-electron chi connectivity index (χ3n) is 4.44. The SMILES string of the molecule is CCOC(=O)C1CCOc2c(cccc2N2CCCC2)C1O. The monoisotopic (exact) mass is 305 g/mol. The van der Waals surface area contributed by atoms with Gasteiger partial charge < -0.3 is 19.5 Å². The lowest BCUT2D eigenvalue weighted by Gasteiger charge is -2.24. The normalized spacial score (nSPS) is 24.4. The number of fused-ring (bicyclic) bond motifs is 1. The number of aliphatic hydroxyl groups excluding tert-OH is 1. The highest BCUT2D eigenvalue weighted by atomic mass is 16.5. The van der Waals surface area contributed by atoms with Gasteiger partial charge >= 0.3 is 5.97 Å². The van der Waals surface area contributed by atoms with E-state index < -0.39 is 12.0 Å². The molecule has 0 amide bonds. The molecule has 0 aliphatic carbocycles. The molecule has 2 aliphatic heterocycles. The summed E-state index contributed by atoms with van der Waals surface area (Å²) >= 11 is 0. The third-order valence-corrected chi connectivity index (χ3v) is 4.44. The molecule has 2 unspecified atom stereocenters. The third kappa shape index (κ3) is 2.77. The minimum absolute atomic E-state index is 0.323. The lowest BCUT2D eigenvalue weighted by atomic mass is 9.93. The lowest BCUT2D eigenvalue weighted by Crippen LogP contribution is -2.24. The zero-order chi connectivity index (χ0) is 15.5. The number of anilines is 1. The molecule has 2 aliphatic rings. The molecular formula is C17H23NO4. The highest BCUT2D eigenvalue weighted by Crippen LogP contribution is 2.42. The van der Waals surface area contributed by atoms with Crippen molar-refractivity contribution in [1.29, 1.82) is 0 Å². The van der Waals surface area contributed by atoms with Crippen LogP contribution in [0.4, 0.5) is 5.69 Å². The summed E-state index contributed by atoms with van der Waals surface area (Å²) < 4.78 is 11.0. The predicted molar refractivity (Wildman–Crippen MR) is 83.1 cm³/mol. The van der Waals surface area contributed by atoms with Gasteiger partial charge in [0.25, 0.3) is 0 Å². The molecule has 0 spiro atoms. The Hall–Kier alpha value is -1.75. The molecule has 120 valence electrons. The maximum Gasteiger partial charge on any atom is 0.312 e. The Morgan fingerprint density at radius 3 is 2.91 bits per heavy atom. The van der Waals surface area contributed by atoms with E-state index in [2.05, 4.69) is 4.90 Å². The molecule has 22 heavy (non-hydrogen) atoms. The van der Waals surface area contributed by atoms with Crippen molar-refractivity contribution in [2.24, 2.45) is 5.92 Å². The number of ether oxygens (including phenoxy) is 2. The van der Waals surface area contributed by atoms with Crippen LogP contribution in [0.1, 0.15) is 37.9 Å². The maximum atomic E-state index is 12.1. The van der Waals surface area contributed by atoms with E-state index >= 15 is 0 Å².